The molecule has 0 aromatic heterocycles. The van der Waals surface area contributed by atoms with Crippen LogP contribution in [0.4, 0.5) is 5.69 Å². The van der Waals surface area contributed by atoms with Crippen LogP contribution in [0.15, 0.2) is 35.2 Å². The van der Waals surface area contributed by atoms with Crippen LogP contribution in [0.1, 0.15) is 17.3 Å². The first-order valence-corrected chi connectivity index (χ1v) is 9.46. The van der Waals surface area contributed by atoms with Crippen LogP contribution in [0, 0.1) is 0 Å². The molecule has 130 valence electrons. The molecular formula is C17H17N3O4S. The van der Waals surface area contributed by atoms with E-state index in [1.165, 1.54) is 11.2 Å². The third kappa shape index (κ3) is 2.40. The van der Waals surface area contributed by atoms with Gasteiger partial charge in [-0.25, -0.2) is 8.42 Å². The molecule has 0 aliphatic carbocycles. The highest BCUT2D eigenvalue weighted by molar-refractivity contribution is 7.89. The van der Waals surface area contributed by atoms with Crippen LogP contribution in [0.2, 0.25) is 0 Å². The SMILES string of the molecule is CC(=O)N1CCN(S(=O)(=O)c2ccc3c4c(cccc24)C(=O)N3)CC1. The van der Waals surface area contributed by atoms with Gasteiger partial charge in [0.2, 0.25) is 15.9 Å². The number of nitrogens with one attached hydrogen (secondary N) is 1. The first-order valence-electron chi connectivity index (χ1n) is 8.02. The third-order valence-electron chi connectivity index (χ3n) is 4.80. The summed E-state index contributed by atoms with van der Waals surface area (Å²) in [6.07, 6.45) is 0. The molecule has 0 bridgehead atoms. The molecule has 0 atom stereocenters. The lowest BCUT2D eigenvalue weighted by Gasteiger charge is -2.33. The number of hydrogen-bond donors (Lipinski definition) is 1. The van der Waals surface area contributed by atoms with Crippen LogP contribution in [0.3, 0.4) is 0 Å². The number of benzene rings is 2. The van der Waals surface area contributed by atoms with Gasteiger partial charge in [0.1, 0.15) is 0 Å². The predicted octanol–water partition coefficient (Wildman–Crippen LogP) is 1.26. The van der Waals surface area contributed by atoms with Crippen LogP contribution in [0.25, 0.3) is 10.8 Å². The highest BCUT2D eigenvalue weighted by atomic mass is 32.2. The second kappa shape index (κ2) is 5.53. The van der Waals surface area contributed by atoms with Crippen LogP contribution in [0.5, 0.6) is 0 Å². The average Bonchev–Trinajstić information content (AvgIpc) is 2.93. The highest BCUT2D eigenvalue weighted by Crippen LogP contribution is 2.37. The van der Waals surface area contributed by atoms with Crippen molar-refractivity contribution in [2.75, 3.05) is 31.5 Å². The standard InChI is InChI=1S/C17H17N3O4S/c1-11(21)19-7-9-20(10-8-19)25(23,24)15-6-5-14-16-12(15)3-2-4-13(16)17(22)18-14/h2-6H,7-10H2,1H3,(H,18,22). The molecule has 25 heavy (non-hydrogen) atoms. The fourth-order valence-electron chi connectivity index (χ4n) is 3.47. The Kier molecular flexibility index (Phi) is 3.55. The number of piperazine rings is 1. The molecule has 1 N–H and O–H groups in total. The largest absolute Gasteiger partial charge is 0.340 e. The van der Waals surface area contributed by atoms with Gasteiger partial charge in [-0.05, 0) is 18.2 Å². The van der Waals surface area contributed by atoms with E-state index in [1.807, 2.05) is 0 Å². The van der Waals surface area contributed by atoms with Gasteiger partial charge in [0.05, 0.1) is 4.90 Å². The Morgan fingerprint density at radius 1 is 1.08 bits per heavy atom. The lowest BCUT2D eigenvalue weighted by molar-refractivity contribution is -0.129. The van der Waals surface area contributed by atoms with E-state index < -0.39 is 10.0 Å². The first-order chi connectivity index (χ1) is 11.9. The number of rotatable bonds is 2. The minimum absolute atomic E-state index is 0.0491. The van der Waals surface area contributed by atoms with E-state index in [2.05, 4.69) is 5.32 Å². The number of anilines is 1. The summed E-state index contributed by atoms with van der Waals surface area (Å²) < 4.78 is 27.6. The zero-order valence-electron chi connectivity index (χ0n) is 13.7. The van der Waals surface area contributed by atoms with Crippen LogP contribution in [-0.2, 0) is 14.8 Å². The summed E-state index contributed by atoms with van der Waals surface area (Å²) in [4.78, 5) is 25.3. The molecule has 2 aromatic carbocycles. The van der Waals surface area contributed by atoms with Crippen molar-refractivity contribution in [2.24, 2.45) is 0 Å². The summed E-state index contributed by atoms with van der Waals surface area (Å²) in [7, 11) is -3.70. The van der Waals surface area contributed by atoms with E-state index >= 15 is 0 Å². The van der Waals surface area contributed by atoms with E-state index in [1.54, 1.807) is 35.2 Å². The average molecular weight is 359 g/mol. The maximum atomic E-state index is 13.1. The van der Waals surface area contributed by atoms with Gasteiger partial charge >= 0.3 is 0 Å². The Balaban J connectivity index is 1.77. The summed E-state index contributed by atoms with van der Waals surface area (Å²) in [6, 6.07) is 8.28. The van der Waals surface area contributed by atoms with Gasteiger partial charge < -0.3 is 10.2 Å². The lowest BCUT2D eigenvalue weighted by atomic mass is 10.1. The topological polar surface area (TPSA) is 86.8 Å². The Morgan fingerprint density at radius 3 is 2.48 bits per heavy atom. The summed E-state index contributed by atoms with van der Waals surface area (Å²) in [5, 5.41) is 3.95. The molecule has 2 heterocycles. The molecule has 1 saturated heterocycles. The molecule has 1 fully saturated rings. The second-order valence-electron chi connectivity index (χ2n) is 6.20. The normalized spacial score (nSPS) is 17.8. The molecule has 2 amide bonds. The molecule has 4 rings (SSSR count). The molecule has 7 nitrogen and oxygen atoms in total. The smallest absolute Gasteiger partial charge is 0.256 e. The lowest BCUT2D eigenvalue weighted by Crippen LogP contribution is -2.49. The Labute approximate surface area is 145 Å². The fourth-order valence-corrected chi connectivity index (χ4v) is 5.08. The van der Waals surface area contributed by atoms with E-state index in [9.17, 15) is 18.0 Å². The predicted molar refractivity (Wildman–Crippen MR) is 92.9 cm³/mol. The van der Waals surface area contributed by atoms with Gasteiger partial charge in [0.25, 0.3) is 5.91 Å². The summed E-state index contributed by atoms with van der Waals surface area (Å²) >= 11 is 0. The molecule has 2 aliphatic heterocycles. The van der Waals surface area contributed by atoms with Crippen molar-refractivity contribution >= 4 is 38.3 Å². The number of amides is 2. The van der Waals surface area contributed by atoms with Crippen molar-refractivity contribution in [3.8, 4) is 0 Å². The van der Waals surface area contributed by atoms with E-state index in [0.717, 1.165) is 0 Å². The Morgan fingerprint density at radius 2 is 1.80 bits per heavy atom. The van der Waals surface area contributed by atoms with E-state index in [0.29, 0.717) is 35.1 Å². The van der Waals surface area contributed by atoms with E-state index in [-0.39, 0.29) is 29.8 Å². The summed E-state index contributed by atoms with van der Waals surface area (Å²) in [6.45, 7) is 2.78. The van der Waals surface area contributed by atoms with Crippen molar-refractivity contribution in [1.29, 1.82) is 0 Å². The number of carbonyl (C=O) groups is 2. The molecule has 2 aromatic rings. The maximum absolute atomic E-state index is 13.1. The number of hydrogen-bond acceptors (Lipinski definition) is 4. The molecule has 0 spiro atoms. The number of nitrogens with zero attached hydrogens (tertiary/aromatic N) is 2. The minimum Gasteiger partial charge on any atom is -0.340 e. The molecular weight excluding hydrogens is 342 g/mol. The zero-order valence-corrected chi connectivity index (χ0v) is 14.5. The van der Waals surface area contributed by atoms with Crippen LogP contribution in [-0.4, -0.2) is 55.6 Å². The molecule has 0 saturated carbocycles. The van der Waals surface area contributed by atoms with Gasteiger partial charge in [-0.1, -0.05) is 12.1 Å². The van der Waals surface area contributed by atoms with Gasteiger partial charge in [0, 0.05) is 55.1 Å². The Hall–Kier alpha value is -2.45. The quantitative estimate of drug-likeness (QED) is 0.874. The molecule has 2 aliphatic rings. The van der Waals surface area contributed by atoms with Crippen molar-refractivity contribution in [3.05, 3.63) is 35.9 Å². The molecule has 8 heteroatoms. The van der Waals surface area contributed by atoms with E-state index in [4.69, 9.17) is 0 Å². The molecule has 0 unspecified atom stereocenters. The van der Waals surface area contributed by atoms with Gasteiger partial charge in [0.15, 0.2) is 0 Å². The van der Waals surface area contributed by atoms with Gasteiger partial charge in [-0.2, -0.15) is 4.31 Å². The first kappa shape index (κ1) is 16.0. The van der Waals surface area contributed by atoms with Crippen LogP contribution >= 0.6 is 0 Å². The minimum atomic E-state index is -3.70. The van der Waals surface area contributed by atoms with Crippen molar-refractivity contribution < 1.29 is 18.0 Å². The van der Waals surface area contributed by atoms with Gasteiger partial charge in [-0.15, -0.1) is 0 Å². The van der Waals surface area contributed by atoms with Crippen LogP contribution < -0.4 is 5.32 Å². The van der Waals surface area contributed by atoms with Gasteiger partial charge in [-0.3, -0.25) is 9.59 Å². The second-order valence-corrected chi connectivity index (χ2v) is 8.11. The Bertz CT molecular complexity index is 1010. The molecule has 0 radical (unpaired) electrons. The highest BCUT2D eigenvalue weighted by Gasteiger charge is 2.32. The summed E-state index contributed by atoms with van der Waals surface area (Å²) in [5.41, 5.74) is 1.13. The summed E-state index contributed by atoms with van der Waals surface area (Å²) in [5.74, 6) is -0.266. The third-order valence-corrected chi connectivity index (χ3v) is 6.75. The number of carbonyl (C=O) groups excluding carboxylic acids is 2. The monoisotopic (exact) mass is 359 g/mol. The van der Waals surface area contributed by atoms with Crippen molar-refractivity contribution in [1.82, 2.24) is 9.21 Å². The zero-order chi connectivity index (χ0) is 17.8. The van der Waals surface area contributed by atoms with Crippen molar-refractivity contribution in [3.63, 3.8) is 0 Å². The maximum Gasteiger partial charge on any atom is 0.256 e. The number of sulfonamides is 1. The fraction of sp³-hybridized carbons (Fsp3) is 0.294. The van der Waals surface area contributed by atoms with Crippen molar-refractivity contribution in [2.45, 2.75) is 11.8 Å².